The van der Waals surface area contributed by atoms with E-state index in [4.69, 9.17) is 0 Å². The van der Waals surface area contributed by atoms with E-state index in [1.807, 2.05) is 80.7 Å². The summed E-state index contributed by atoms with van der Waals surface area (Å²) in [5.41, 5.74) is 0.310. The number of benzene rings is 2. The van der Waals surface area contributed by atoms with Crippen molar-refractivity contribution in [2.75, 3.05) is 19.6 Å². The SMILES string of the molecule is CC(C)(C)C(=O)N1CCC[C@H]1C(=O)N[C@H](Cc1ccc2ccccc2c1)C(=O)NCC(O)CNCc1cccs1. The zero-order chi connectivity index (χ0) is 28.7. The van der Waals surface area contributed by atoms with Gasteiger partial charge in [0.15, 0.2) is 0 Å². The van der Waals surface area contributed by atoms with Gasteiger partial charge in [0.05, 0.1) is 6.10 Å². The van der Waals surface area contributed by atoms with E-state index in [1.165, 1.54) is 4.88 Å². The van der Waals surface area contributed by atoms with Crippen LogP contribution in [0.15, 0.2) is 60.0 Å². The van der Waals surface area contributed by atoms with Gasteiger partial charge in [0.2, 0.25) is 17.7 Å². The monoisotopic (exact) mass is 564 g/mol. The van der Waals surface area contributed by atoms with E-state index in [0.717, 1.165) is 22.8 Å². The van der Waals surface area contributed by atoms with Crippen LogP contribution in [0.1, 0.15) is 44.1 Å². The summed E-state index contributed by atoms with van der Waals surface area (Å²) in [6.07, 6.45) is 0.809. The molecular weight excluding hydrogens is 524 g/mol. The minimum atomic E-state index is -0.855. The predicted octanol–water partition coefficient (Wildman–Crippen LogP) is 3.23. The smallest absolute Gasteiger partial charge is 0.243 e. The molecule has 0 radical (unpaired) electrons. The number of likely N-dealkylation sites (tertiary alicyclic amines) is 1. The lowest BCUT2D eigenvalue weighted by atomic mass is 9.94. The molecule has 4 rings (SSSR count). The van der Waals surface area contributed by atoms with Gasteiger partial charge in [-0.1, -0.05) is 69.3 Å². The number of amides is 3. The lowest BCUT2D eigenvalue weighted by Crippen LogP contribution is -2.55. The molecule has 0 aliphatic carbocycles. The maximum Gasteiger partial charge on any atom is 0.243 e. The van der Waals surface area contributed by atoms with Crippen molar-refractivity contribution in [2.24, 2.45) is 5.41 Å². The van der Waals surface area contributed by atoms with Gasteiger partial charge in [0, 0.05) is 42.9 Å². The highest BCUT2D eigenvalue weighted by Gasteiger charge is 2.39. The summed E-state index contributed by atoms with van der Waals surface area (Å²) < 4.78 is 0. The highest BCUT2D eigenvalue weighted by atomic mass is 32.1. The summed E-state index contributed by atoms with van der Waals surface area (Å²) in [6.45, 7) is 7.09. The van der Waals surface area contributed by atoms with E-state index in [1.54, 1.807) is 16.2 Å². The summed E-state index contributed by atoms with van der Waals surface area (Å²) in [6, 6.07) is 16.5. The van der Waals surface area contributed by atoms with Crippen molar-refractivity contribution in [3.8, 4) is 0 Å². The van der Waals surface area contributed by atoms with Crippen LogP contribution in [0.25, 0.3) is 10.8 Å². The van der Waals surface area contributed by atoms with E-state index in [0.29, 0.717) is 26.1 Å². The van der Waals surface area contributed by atoms with Gasteiger partial charge in [-0.3, -0.25) is 14.4 Å². The fourth-order valence-corrected chi connectivity index (χ4v) is 5.66. The number of nitrogens with one attached hydrogen (secondary N) is 3. The van der Waals surface area contributed by atoms with Crippen molar-refractivity contribution < 1.29 is 19.5 Å². The second-order valence-corrected chi connectivity index (χ2v) is 12.5. The number of rotatable bonds is 11. The molecule has 3 amide bonds. The highest BCUT2D eigenvalue weighted by Crippen LogP contribution is 2.26. The molecule has 3 aromatic rings. The second-order valence-electron chi connectivity index (χ2n) is 11.5. The van der Waals surface area contributed by atoms with Gasteiger partial charge in [0.25, 0.3) is 0 Å². The molecule has 40 heavy (non-hydrogen) atoms. The third kappa shape index (κ3) is 7.90. The standard InChI is InChI=1S/C31H40N4O4S/c1-31(2,3)30(39)35-14-6-11-27(35)29(38)34-26(17-21-12-13-22-8-4-5-9-23(22)16-21)28(37)33-19-24(36)18-32-20-25-10-7-15-40-25/h4-5,7-10,12-13,15-16,24,26-27,32,36H,6,11,14,17-20H2,1-3H3,(H,33,37)(H,34,38)/t24?,26-,27+/m1/s1. The normalized spacial score (nSPS) is 17.0. The molecule has 2 heterocycles. The molecule has 1 unspecified atom stereocenters. The molecule has 0 spiro atoms. The Balaban J connectivity index is 1.42. The first kappa shape index (κ1) is 29.7. The first-order valence-electron chi connectivity index (χ1n) is 13.9. The summed E-state index contributed by atoms with van der Waals surface area (Å²) in [4.78, 5) is 42.6. The molecule has 0 saturated carbocycles. The number of aliphatic hydroxyl groups excluding tert-OH is 1. The molecular formula is C31H40N4O4S. The molecule has 1 aliphatic heterocycles. The summed E-state index contributed by atoms with van der Waals surface area (Å²) in [5, 5.41) is 23.5. The minimum Gasteiger partial charge on any atom is -0.390 e. The number of fused-ring (bicyclic) bond motifs is 1. The first-order chi connectivity index (χ1) is 19.1. The Labute approximate surface area is 240 Å². The Morgan fingerprint density at radius 2 is 1.82 bits per heavy atom. The Morgan fingerprint density at radius 3 is 2.55 bits per heavy atom. The van der Waals surface area contributed by atoms with Gasteiger partial charge in [-0.15, -0.1) is 11.3 Å². The van der Waals surface area contributed by atoms with Crippen LogP contribution in [0.4, 0.5) is 0 Å². The predicted molar refractivity (Wildman–Crippen MR) is 159 cm³/mol. The topological polar surface area (TPSA) is 111 Å². The average molecular weight is 565 g/mol. The number of carbonyl (C=O) groups excluding carboxylic acids is 3. The van der Waals surface area contributed by atoms with Crippen molar-refractivity contribution in [1.82, 2.24) is 20.9 Å². The Hall–Kier alpha value is -3.27. The molecule has 4 N–H and O–H groups in total. The summed E-state index contributed by atoms with van der Waals surface area (Å²) in [5.74, 6) is -0.765. The van der Waals surface area contributed by atoms with Crippen LogP contribution >= 0.6 is 11.3 Å². The third-order valence-corrected chi connectivity index (χ3v) is 7.99. The average Bonchev–Trinajstić information content (AvgIpc) is 3.63. The number of hydrogen-bond donors (Lipinski definition) is 4. The number of carbonyl (C=O) groups is 3. The van der Waals surface area contributed by atoms with Crippen molar-refractivity contribution in [3.63, 3.8) is 0 Å². The molecule has 3 atom stereocenters. The molecule has 9 heteroatoms. The quantitative estimate of drug-likeness (QED) is 0.286. The number of thiophene rings is 1. The van der Waals surface area contributed by atoms with Crippen LogP contribution in [0.3, 0.4) is 0 Å². The minimum absolute atomic E-state index is 0.0540. The first-order valence-corrected chi connectivity index (χ1v) is 14.8. The summed E-state index contributed by atoms with van der Waals surface area (Å²) >= 11 is 1.64. The lowest BCUT2D eigenvalue weighted by molar-refractivity contribution is -0.145. The lowest BCUT2D eigenvalue weighted by Gasteiger charge is -2.31. The van der Waals surface area contributed by atoms with Gasteiger partial charge in [0.1, 0.15) is 12.1 Å². The van der Waals surface area contributed by atoms with Crippen molar-refractivity contribution >= 4 is 39.8 Å². The molecule has 1 aliphatic rings. The van der Waals surface area contributed by atoms with Gasteiger partial charge < -0.3 is 26.0 Å². The summed E-state index contributed by atoms with van der Waals surface area (Å²) in [7, 11) is 0. The third-order valence-electron chi connectivity index (χ3n) is 7.12. The molecule has 1 saturated heterocycles. The van der Waals surface area contributed by atoms with E-state index >= 15 is 0 Å². The highest BCUT2D eigenvalue weighted by molar-refractivity contribution is 7.09. The van der Waals surface area contributed by atoms with Gasteiger partial charge in [-0.05, 0) is 40.6 Å². The fourth-order valence-electron chi connectivity index (χ4n) is 4.98. The molecule has 8 nitrogen and oxygen atoms in total. The van der Waals surface area contributed by atoms with Crippen LogP contribution in [-0.2, 0) is 27.3 Å². The van der Waals surface area contributed by atoms with Crippen molar-refractivity contribution in [1.29, 1.82) is 0 Å². The maximum absolute atomic E-state index is 13.5. The van der Waals surface area contributed by atoms with E-state index in [2.05, 4.69) is 16.0 Å². The van der Waals surface area contributed by atoms with Crippen LogP contribution in [0.5, 0.6) is 0 Å². The van der Waals surface area contributed by atoms with Crippen molar-refractivity contribution in [2.45, 2.75) is 64.8 Å². The largest absolute Gasteiger partial charge is 0.390 e. The Morgan fingerprint density at radius 1 is 1.05 bits per heavy atom. The van der Waals surface area contributed by atoms with Crippen LogP contribution < -0.4 is 16.0 Å². The van der Waals surface area contributed by atoms with Crippen molar-refractivity contribution in [3.05, 3.63) is 70.4 Å². The van der Waals surface area contributed by atoms with E-state index < -0.39 is 23.6 Å². The molecule has 2 aromatic carbocycles. The molecule has 214 valence electrons. The number of aliphatic hydroxyl groups is 1. The molecule has 1 fully saturated rings. The second kappa shape index (κ2) is 13.4. The van der Waals surface area contributed by atoms with E-state index in [-0.39, 0.29) is 30.7 Å². The number of nitrogens with zero attached hydrogens (tertiary/aromatic N) is 1. The molecule has 1 aromatic heterocycles. The van der Waals surface area contributed by atoms with Crippen LogP contribution in [0, 0.1) is 5.41 Å². The van der Waals surface area contributed by atoms with E-state index in [9.17, 15) is 19.5 Å². The fraction of sp³-hybridized carbons (Fsp3) is 0.452. The maximum atomic E-state index is 13.5. The van der Waals surface area contributed by atoms with Gasteiger partial charge in [-0.25, -0.2) is 0 Å². The Bertz CT molecular complexity index is 1300. The Kier molecular flexibility index (Phi) is 9.95. The zero-order valence-corrected chi connectivity index (χ0v) is 24.3. The van der Waals surface area contributed by atoms with Gasteiger partial charge >= 0.3 is 0 Å². The molecule has 0 bridgehead atoms. The van der Waals surface area contributed by atoms with Gasteiger partial charge in [-0.2, -0.15) is 0 Å². The number of hydrogen-bond acceptors (Lipinski definition) is 6. The zero-order valence-electron chi connectivity index (χ0n) is 23.5. The van der Waals surface area contributed by atoms with Crippen LogP contribution in [-0.4, -0.2) is 65.5 Å². The van der Waals surface area contributed by atoms with Crippen LogP contribution in [0.2, 0.25) is 0 Å².